The number of rotatable bonds is 5. The summed E-state index contributed by atoms with van der Waals surface area (Å²) in [4.78, 5) is 0. The van der Waals surface area contributed by atoms with Crippen molar-refractivity contribution in [3.8, 4) is 0 Å². The zero-order chi connectivity index (χ0) is 13.9. The Morgan fingerprint density at radius 3 is 2.60 bits per heavy atom. The fourth-order valence-electron chi connectivity index (χ4n) is 3.92. The van der Waals surface area contributed by atoms with E-state index in [-0.39, 0.29) is 0 Å². The molecule has 1 heteroatoms. The fraction of sp³-hybridized carbons (Fsp3) is 0.684. The molecule has 3 rings (SSSR count). The van der Waals surface area contributed by atoms with Crippen LogP contribution in [0.4, 0.5) is 0 Å². The summed E-state index contributed by atoms with van der Waals surface area (Å²) in [5.41, 5.74) is 3.11. The first-order chi connectivity index (χ1) is 9.78. The molecule has 110 valence electrons. The van der Waals surface area contributed by atoms with Gasteiger partial charge in [0.25, 0.3) is 0 Å². The van der Waals surface area contributed by atoms with Crippen molar-refractivity contribution in [2.45, 2.75) is 64.3 Å². The SMILES string of the molecule is CCC1CCC(CNC2CC2)C(c2ccccc2C)C1. The average Bonchev–Trinajstić information content (AvgIpc) is 3.30. The highest BCUT2D eigenvalue weighted by Crippen LogP contribution is 2.42. The minimum Gasteiger partial charge on any atom is -0.314 e. The van der Waals surface area contributed by atoms with Crippen LogP contribution >= 0.6 is 0 Å². The van der Waals surface area contributed by atoms with E-state index in [9.17, 15) is 0 Å². The maximum Gasteiger partial charge on any atom is 0.00683 e. The van der Waals surface area contributed by atoms with E-state index < -0.39 is 0 Å². The molecule has 0 radical (unpaired) electrons. The second-order valence-corrected chi connectivity index (χ2v) is 6.99. The first-order valence-electron chi connectivity index (χ1n) is 8.56. The monoisotopic (exact) mass is 271 g/mol. The first-order valence-corrected chi connectivity index (χ1v) is 8.56. The molecular weight excluding hydrogens is 242 g/mol. The third-order valence-corrected chi connectivity index (χ3v) is 5.51. The third-order valence-electron chi connectivity index (χ3n) is 5.51. The van der Waals surface area contributed by atoms with Crippen LogP contribution in [0.2, 0.25) is 0 Å². The standard InChI is InChI=1S/C19H29N/c1-3-15-8-9-16(13-20-17-10-11-17)19(12-15)18-7-5-4-6-14(18)2/h4-7,15-17,19-20H,3,8-13H2,1-2H3. The van der Waals surface area contributed by atoms with Gasteiger partial charge in [-0.2, -0.15) is 0 Å². The molecule has 1 aromatic carbocycles. The van der Waals surface area contributed by atoms with Crippen molar-refractivity contribution in [3.63, 3.8) is 0 Å². The minimum atomic E-state index is 0.779. The molecule has 0 heterocycles. The van der Waals surface area contributed by atoms with Gasteiger partial charge in [0, 0.05) is 6.04 Å². The molecule has 1 N–H and O–H groups in total. The predicted octanol–water partition coefficient (Wildman–Crippen LogP) is 4.66. The van der Waals surface area contributed by atoms with Crippen LogP contribution in [0, 0.1) is 18.8 Å². The van der Waals surface area contributed by atoms with E-state index in [1.54, 1.807) is 5.56 Å². The zero-order valence-corrected chi connectivity index (χ0v) is 13.1. The van der Waals surface area contributed by atoms with E-state index in [0.717, 1.165) is 23.8 Å². The molecule has 0 bridgehead atoms. The van der Waals surface area contributed by atoms with Gasteiger partial charge in [-0.15, -0.1) is 0 Å². The molecule has 2 fully saturated rings. The van der Waals surface area contributed by atoms with E-state index >= 15 is 0 Å². The zero-order valence-electron chi connectivity index (χ0n) is 13.1. The number of hydrogen-bond donors (Lipinski definition) is 1. The van der Waals surface area contributed by atoms with Gasteiger partial charge in [0.2, 0.25) is 0 Å². The second-order valence-electron chi connectivity index (χ2n) is 6.99. The van der Waals surface area contributed by atoms with E-state index in [0.29, 0.717) is 0 Å². The first kappa shape index (κ1) is 14.1. The van der Waals surface area contributed by atoms with Crippen molar-refractivity contribution in [1.82, 2.24) is 5.32 Å². The molecule has 0 aliphatic heterocycles. The van der Waals surface area contributed by atoms with Gasteiger partial charge in [-0.1, -0.05) is 44.0 Å². The number of benzene rings is 1. The highest BCUT2D eigenvalue weighted by Gasteiger charge is 2.32. The topological polar surface area (TPSA) is 12.0 Å². The summed E-state index contributed by atoms with van der Waals surface area (Å²) >= 11 is 0. The van der Waals surface area contributed by atoms with Crippen molar-refractivity contribution in [2.75, 3.05) is 6.54 Å². The van der Waals surface area contributed by atoms with Crippen molar-refractivity contribution in [3.05, 3.63) is 35.4 Å². The largest absolute Gasteiger partial charge is 0.314 e. The molecule has 1 aromatic rings. The van der Waals surface area contributed by atoms with Crippen LogP contribution in [0.15, 0.2) is 24.3 Å². The van der Waals surface area contributed by atoms with Gasteiger partial charge >= 0.3 is 0 Å². The Balaban J connectivity index is 1.74. The molecule has 0 spiro atoms. The average molecular weight is 271 g/mol. The lowest BCUT2D eigenvalue weighted by molar-refractivity contribution is 0.225. The lowest BCUT2D eigenvalue weighted by Gasteiger charge is -2.37. The predicted molar refractivity (Wildman–Crippen MR) is 86.1 cm³/mol. The van der Waals surface area contributed by atoms with Gasteiger partial charge in [-0.05, 0) is 68.0 Å². The maximum atomic E-state index is 3.78. The molecule has 2 aliphatic carbocycles. The van der Waals surface area contributed by atoms with Crippen molar-refractivity contribution < 1.29 is 0 Å². The highest BCUT2D eigenvalue weighted by molar-refractivity contribution is 5.30. The number of hydrogen-bond acceptors (Lipinski definition) is 1. The number of aryl methyl sites for hydroxylation is 1. The van der Waals surface area contributed by atoms with E-state index in [2.05, 4.69) is 43.4 Å². The smallest absolute Gasteiger partial charge is 0.00683 e. The molecule has 0 saturated heterocycles. The quantitative estimate of drug-likeness (QED) is 0.821. The second kappa shape index (κ2) is 6.30. The van der Waals surface area contributed by atoms with Crippen LogP contribution in [-0.4, -0.2) is 12.6 Å². The summed E-state index contributed by atoms with van der Waals surface area (Å²) in [6, 6.07) is 9.91. The molecule has 3 atom stereocenters. The van der Waals surface area contributed by atoms with Crippen LogP contribution in [0.5, 0.6) is 0 Å². The summed E-state index contributed by atoms with van der Waals surface area (Å²) in [6.07, 6.45) is 8.41. The van der Waals surface area contributed by atoms with Crippen molar-refractivity contribution in [2.24, 2.45) is 11.8 Å². The fourth-order valence-corrected chi connectivity index (χ4v) is 3.92. The summed E-state index contributed by atoms with van der Waals surface area (Å²) < 4.78 is 0. The van der Waals surface area contributed by atoms with Gasteiger partial charge in [-0.3, -0.25) is 0 Å². The van der Waals surface area contributed by atoms with Crippen molar-refractivity contribution >= 4 is 0 Å². The van der Waals surface area contributed by atoms with E-state index in [4.69, 9.17) is 0 Å². The van der Waals surface area contributed by atoms with Crippen LogP contribution in [0.1, 0.15) is 62.5 Å². The Kier molecular flexibility index (Phi) is 4.45. The Hall–Kier alpha value is -0.820. The normalized spacial score (nSPS) is 30.4. The molecule has 2 aliphatic rings. The minimum absolute atomic E-state index is 0.779. The van der Waals surface area contributed by atoms with Crippen LogP contribution < -0.4 is 5.32 Å². The maximum absolute atomic E-state index is 3.78. The third kappa shape index (κ3) is 3.25. The molecule has 20 heavy (non-hydrogen) atoms. The number of nitrogens with one attached hydrogen (secondary N) is 1. The van der Waals surface area contributed by atoms with E-state index in [1.807, 2.05) is 0 Å². The summed E-state index contributed by atoms with van der Waals surface area (Å²) in [7, 11) is 0. The summed E-state index contributed by atoms with van der Waals surface area (Å²) in [6.45, 7) is 5.89. The molecule has 1 nitrogen and oxygen atoms in total. The van der Waals surface area contributed by atoms with Crippen LogP contribution in [0.3, 0.4) is 0 Å². The Morgan fingerprint density at radius 1 is 1.10 bits per heavy atom. The van der Waals surface area contributed by atoms with Crippen LogP contribution in [-0.2, 0) is 0 Å². The Morgan fingerprint density at radius 2 is 1.90 bits per heavy atom. The summed E-state index contributed by atoms with van der Waals surface area (Å²) in [5.74, 6) is 2.57. The Labute approximate surface area is 124 Å². The van der Waals surface area contributed by atoms with Crippen molar-refractivity contribution in [1.29, 1.82) is 0 Å². The molecule has 3 unspecified atom stereocenters. The molecular formula is C19H29N. The molecule has 2 saturated carbocycles. The lowest BCUT2D eigenvalue weighted by atomic mass is 9.69. The van der Waals surface area contributed by atoms with E-state index in [1.165, 1.54) is 50.6 Å². The molecule has 0 amide bonds. The van der Waals surface area contributed by atoms with Crippen LogP contribution in [0.25, 0.3) is 0 Å². The highest BCUT2D eigenvalue weighted by atomic mass is 14.9. The lowest BCUT2D eigenvalue weighted by Crippen LogP contribution is -2.33. The van der Waals surface area contributed by atoms with Gasteiger partial charge in [0.05, 0.1) is 0 Å². The van der Waals surface area contributed by atoms with Gasteiger partial charge < -0.3 is 5.32 Å². The van der Waals surface area contributed by atoms with Gasteiger partial charge in [-0.25, -0.2) is 0 Å². The molecule has 0 aromatic heterocycles. The van der Waals surface area contributed by atoms with Gasteiger partial charge in [0.15, 0.2) is 0 Å². The Bertz CT molecular complexity index is 435. The summed E-state index contributed by atoms with van der Waals surface area (Å²) in [5, 5.41) is 3.78. The van der Waals surface area contributed by atoms with Gasteiger partial charge in [0.1, 0.15) is 0 Å².